The van der Waals surface area contributed by atoms with Gasteiger partial charge in [0.2, 0.25) is 0 Å². The molecule has 0 aromatic heterocycles. The van der Waals surface area contributed by atoms with E-state index in [9.17, 15) is 13.2 Å². The number of anilines is 2. The zero-order valence-electron chi connectivity index (χ0n) is 13.8. The zero-order valence-corrected chi connectivity index (χ0v) is 16.1. The van der Waals surface area contributed by atoms with Crippen molar-refractivity contribution in [2.45, 2.75) is 4.90 Å². The summed E-state index contributed by atoms with van der Waals surface area (Å²) in [5, 5.41) is 3.10. The van der Waals surface area contributed by atoms with Gasteiger partial charge in [0.05, 0.1) is 26.2 Å². The quantitative estimate of drug-likeness (QED) is 0.606. The Bertz CT molecular complexity index is 1090. The van der Waals surface area contributed by atoms with Crippen LogP contribution in [0.15, 0.2) is 77.7 Å². The summed E-state index contributed by atoms with van der Waals surface area (Å²) in [4.78, 5) is 12.6. The van der Waals surface area contributed by atoms with Gasteiger partial charge in [0.15, 0.2) is 0 Å². The lowest BCUT2D eigenvalue weighted by Crippen LogP contribution is -2.14. The van der Waals surface area contributed by atoms with Gasteiger partial charge >= 0.3 is 0 Å². The molecule has 0 aliphatic heterocycles. The van der Waals surface area contributed by atoms with Gasteiger partial charge in [-0.1, -0.05) is 53.5 Å². The van der Waals surface area contributed by atoms with E-state index < -0.39 is 15.9 Å². The van der Waals surface area contributed by atoms with Crippen LogP contribution in [0.25, 0.3) is 0 Å². The SMILES string of the molecule is O=C(Nc1cccc(NS(=O)(=O)c2ccccc2)c1)c1cccc(Cl)c1Cl. The molecule has 0 atom stereocenters. The van der Waals surface area contributed by atoms with Gasteiger partial charge in [-0.05, 0) is 42.5 Å². The van der Waals surface area contributed by atoms with Crippen LogP contribution in [0.3, 0.4) is 0 Å². The lowest BCUT2D eigenvalue weighted by atomic mass is 10.2. The second-order valence-electron chi connectivity index (χ2n) is 5.55. The maximum absolute atomic E-state index is 12.4. The van der Waals surface area contributed by atoms with Gasteiger partial charge in [0.25, 0.3) is 15.9 Å². The van der Waals surface area contributed by atoms with Crippen molar-refractivity contribution in [2.24, 2.45) is 0 Å². The maximum atomic E-state index is 12.4. The van der Waals surface area contributed by atoms with Gasteiger partial charge in [-0.15, -0.1) is 0 Å². The number of nitrogens with one attached hydrogen (secondary N) is 2. The van der Waals surface area contributed by atoms with Gasteiger partial charge < -0.3 is 5.32 Å². The fourth-order valence-corrected chi connectivity index (χ4v) is 3.81. The Balaban J connectivity index is 1.80. The number of carbonyl (C=O) groups is 1. The molecule has 0 aliphatic rings. The topological polar surface area (TPSA) is 75.3 Å². The average Bonchev–Trinajstić information content (AvgIpc) is 2.64. The number of sulfonamides is 1. The normalized spacial score (nSPS) is 11.0. The molecule has 3 aromatic carbocycles. The molecule has 3 aromatic rings. The number of carbonyl (C=O) groups excluding carboxylic acids is 1. The third kappa shape index (κ3) is 4.60. The highest BCUT2D eigenvalue weighted by atomic mass is 35.5. The minimum atomic E-state index is -3.72. The number of hydrogen-bond donors (Lipinski definition) is 2. The first kappa shape index (κ1) is 19.2. The van der Waals surface area contributed by atoms with Crippen molar-refractivity contribution in [3.05, 3.63) is 88.4 Å². The lowest BCUT2D eigenvalue weighted by Gasteiger charge is -2.11. The van der Waals surface area contributed by atoms with E-state index in [-0.39, 0.29) is 20.5 Å². The largest absolute Gasteiger partial charge is 0.322 e. The Morgan fingerprint density at radius 1 is 0.815 bits per heavy atom. The summed E-state index contributed by atoms with van der Waals surface area (Å²) >= 11 is 12.0. The highest BCUT2D eigenvalue weighted by Gasteiger charge is 2.15. The third-order valence-electron chi connectivity index (χ3n) is 3.62. The van der Waals surface area contributed by atoms with E-state index >= 15 is 0 Å². The lowest BCUT2D eigenvalue weighted by molar-refractivity contribution is 0.102. The van der Waals surface area contributed by atoms with Crippen LogP contribution in [-0.2, 0) is 10.0 Å². The molecule has 138 valence electrons. The summed E-state index contributed by atoms with van der Waals surface area (Å²) < 4.78 is 27.3. The van der Waals surface area contributed by atoms with Crippen LogP contribution in [0, 0.1) is 0 Å². The number of halogens is 2. The van der Waals surface area contributed by atoms with Crippen molar-refractivity contribution in [3.8, 4) is 0 Å². The molecule has 2 N–H and O–H groups in total. The third-order valence-corrected chi connectivity index (χ3v) is 5.84. The smallest absolute Gasteiger partial charge is 0.261 e. The molecule has 0 radical (unpaired) electrons. The van der Waals surface area contributed by atoms with E-state index in [2.05, 4.69) is 10.0 Å². The van der Waals surface area contributed by atoms with E-state index in [0.29, 0.717) is 11.4 Å². The average molecular weight is 421 g/mol. The van der Waals surface area contributed by atoms with Crippen molar-refractivity contribution < 1.29 is 13.2 Å². The molecule has 0 heterocycles. The molecule has 0 fully saturated rings. The predicted octanol–water partition coefficient (Wildman–Crippen LogP) is 5.05. The second kappa shape index (κ2) is 8.00. The van der Waals surface area contributed by atoms with Crippen molar-refractivity contribution in [3.63, 3.8) is 0 Å². The molecule has 1 amide bonds. The van der Waals surface area contributed by atoms with E-state index in [1.165, 1.54) is 18.2 Å². The number of benzene rings is 3. The molecule has 0 aliphatic carbocycles. The molecule has 8 heteroatoms. The van der Waals surface area contributed by atoms with Crippen molar-refractivity contribution in [1.82, 2.24) is 0 Å². The predicted molar refractivity (Wildman–Crippen MR) is 108 cm³/mol. The van der Waals surface area contributed by atoms with Crippen molar-refractivity contribution in [1.29, 1.82) is 0 Å². The molecular formula is C19H14Cl2N2O3S. The minimum absolute atomic E-state index is 0.144. The molecule has 3 rings (SSSR count). The highest BCUT2D eigenvalue weighted by Crippen LogP contribution is 2.27. The molecule has 0 saturated carbocycles. The monoisotopic (exact) mass is 420 g/mol. The van der Waals surface area contributed by atoms with E-state index in [0.717, 1.165) is 0 Å². The van der Waals surface area contributed by atoms with E-state index in [1.807, 2.05) is 0 Å². The van der Waals surface area contributed by atoms with Crippen LogP contribution in [0.5, 0.6) is 0 Å². The Morgan fingerprint density at radius 2 is 1.48 bits per heavy atom. The first-order valence-electron chi connectivity index (χ1n) is 7.80. The van der Waals surface area contributed by atoms with Crippen molar-refractivity contribution in [2.75, 3.05) is 10.0 Å². The van der Waals surface area contributed by atoms with Crippen LogP contribution >= 0.6 is 23.2 Å². The van der Waals surface area contributed by atoms with Gasteiger partial charge in [0.1, 0.15) is 0 Å². The molecular weight excluding hydrogens is 407 g/mol. The fourth-order valence-electron chi connectivity index (χ4n) is 2.35. The van der Waals surface area contributed by atoms with Gasteiger partial charge in [0, 0.05) is 5.69 Å². The van der Waals surface area contributed by atoms with Gasteiger partial charge in [-0.3, -0.25) is 9.52 Å². The van der Waals surface area contributed by atoms with E-state index in [1.54, 1.807) is 54.6 Å². The van der Waals surface area contributed by atoms with Crippen molar-refractivity contribution >= 4 is 50.5 Å². The summed E-state index contributed by atoms with van der Waals surface area (Å²) in [5.74, 6) is -0.453. The minimum Gasteiger partial charge on any atom is -0.322 e. The Labute approximate surface area is 167 Å². The van der Waals surface area contributed by atoms with Crippen LogP contribution in [-0.4, -0.2) is 14.3 Å². The molecule has 0 unspecified atom stereocenters. The number of hydrogen-bond acceptors (Lipinski definition) is 3. The summed E-state index contributed by atoms with van der Waals surface area (Å²) in [5.41, 5.74) is 0.942. The molecule has 0 saturated heterocycles. The molecule has 0 bridgehead atoms. The standard InChI is InChI=1S/C19H14Cl2N2O3S/c20-17-11-5-10-16(18(17)21)19(24)22-13-6-4-7-14(12-13)23-27(25,26)15-8-2-1-3-9-15/h1-12,23H,(H,22,24). The summed E-state index contributed by atoms with van der Waals surface area (Å²) in [6.07, 6.45) is 0. The first-order chi connectivity index (χ1) is 12.9. The fraction of sp³-hybridized carbons (Fsp3) is 0. The molecule has 27 heavy (non-hydrogen) atoms. The highest BCUT2D eigenvalue weighted by molar-refractivity contribution is 7.92. The van der Waals surface area contributed by atoms with Crippen LogP contribution in [0.4, 0.5) is 11.4 Å². The second-order valence-corrected chi connectivity index (χ2v) is 8.02. The summed E-state index contributed by atoms with van der Waals surface area (Å²) in [6, 6.07) is 19.1. The maximum Gasteiger partial charge on any atom is 0.261 e. The van der Waals surface area contributed by atoms with Gasteiger partial charge in [-0.2, -0.15) is 0 Å². The summed E-state index contributed by atoms with van der Waals surface area (Å²) in [7, 11) is -3.72. The Morgan fingerprint density at radius 3 is 2.22 bits per heavy atom. The van der Waals surface area contributed by atoms with Crippen LogP contribution < -0.4 is 10.0 Å². The Kier molecular flexibility index (Phi) is 5.70. The first-order valence-corrected chi connectivity index (χ1v) is 10.0. The molecule has 5 nitrogen and oxygen atoms in total. The van der Waals surface area contributed by atoms with Crippen LogP contribution in [0.1, 0.15) is 10.4 Å². The van der Waals surface area contributed by atoms with E-state index in [4.69, 9.17) is 23.2 Å². The zero-order chi connectivity index (χ0) is 19.4. The molecule has 0 spiro atoms. The Hall–Kier alpha value is -2.54. The summed E-state index contributed by atoms with van der Waals surface area (Å²) in [6.45, 7) is 0. The number of rotatable bonds is 5. The van der Waals surface area contributed by atoms with Gasteiger partial charge in [-0.25, -0.2) is 8.42 Å². The number of amides is 1. The van der Waals surface area contributed by atoms with Crippen LogP contribution in [0.2, 0.25) is 10.0 Å².